The Morgan fingerprint density at radius 1 is 0.609 bits per heavy atom. The maximum absolute atomic E-state index is 16.2. The molecular weight excluding hydrogens is 1470 g/mol. The Kier molecular flexibility index (Phi) is 28.7. The zero-order chi connectivity index (χ0) is 80.8. The number of nitrogens with one attached hydrogen (secondary N) is 3. The lowest BCUT2D eigenvalue weighted by Gasteiger charge is -2.47. The highest BCUT2D eigenvalue weighted by Crippen LogP contribution is 2.46. The predicted molar refractivity (Wildman–Crippen MR) is 374 cm³/mol. The third kappa shape index (κ3) is 19.7. The van der Waals surface area contributed by atoms with Gasteiger partial charge in [-0.25, -0.2) is 17.6 Å². The van der Waals surface area contributed by atoms with Gasteiger partial charge in [0.25, 0.3) is 5.92 Å². The van der Waals surface area contributed by atoms with Crippen molar-refractivity contribution in [3.05, 3.63) is 0 Å². The average Bonchev–Trinajstić information content (AvgIpc) is 0.881. The first-order valence-corrected chi connectivity index (χ1v) is 39.0. The third-order valence-electron chi connectivity index (χ3n) is 25.1. The molecule has 4 saturated carbocycles. The Bertz CT molecular complexity index is 3320. The van der Waals surface area contributed by atoms with Gasteiger partial charge in [0.15, 0.2) is 0 Å². The van der Waals surface area contributed by atoms with E-state index in [0.717, 1.165) is 26.6 Å². The van der Waals surface area contributed by atoms with E-state index in [1.54, 1.807) is 13.8 Å². The monoisotopic (exact) mass is 1580 g/mol. The van der Waals surface area contributed by atoms with Gasteiger partial charge in [-0.05, 0) is 133 Å². The van der Waals surface area contributed by atoms with Crippen LogP contribution in [0, 0.1) is 35.5 Å². The Morgan fingerprint density at radius 3 is 1.82 bits per heavy atom. The van der Waals surface area contributed by atoms with Crippen LogP contribution in [0.1, 0.15) is 168 Å². The molecule has 5 saturated heterocycles. The van der Waals surface area contributed by atoms with Crippen LogP contribution in [0.5, 0.6) is 0 Å². The summed E-state index contributed by atoms with van der Waals surface area (Å²) in [4.78, 5) is 191. The van der Waals surface area contributed by atoms with Crippen LogP contribution in [0.4, 0.5) is 43.9 Å². The summed E-state index contributed by atoms with van der Waals surface area (Å²) in [6.45, 7) is 0.716. The molecular formula is C74H110F10N12O14. The second-order valence-electron chi connectivity index (χ2n) is 32.3. The molecule has 9 rings (SSSR count). The highest BCUT2D eigenvalue weighted by atomic mass is 19.4. The molecule has 12 amide bonds. The van der Waals surface area contributed by atoms with Crippen molar-refractivity contribution in [3.8, 4) is 0 Å². The molecule has 110 heavy (non-hydrogen) atoms. The first-order chi connectivity index (χ1) is 51.7. The zero-order valence-corrected chi connectivity index (χ0v) is 64.2. The summed E-state index contributed by atoms with van der Waals surface area (Å²) in [5.41, 5.74) is -1.92. The number of alkyl halides is 10. The van der Waals surface area contributed by atoms with Crippen LogP contribution in [0.15, 0.2) is 0 Å². The van der Waals surface area contributed by atoms with Crippen LogP contribution in [0.3, 0.4) is 0 Å². The van der Waals surface area contributed by atoms with Crippen LogP contribution >= 0.6 is 0 Å². The number of carbonyl (C=O) groups is 12. The number of methoxy groups -OCH3 is 1. The molecule has 2 unspecified atom stereocenters. The van der Waals surface area contributed by atoms with E-state index in [4.69, 9.17) is 9.47 Å². The average molecular weight is 1580 g/mol. The van der Waals surface area contributed by atoms with Crippen molar-refractivity contribution in [2.24, 2.45) is 35.5 Å². The van der Waals surface area contributed by atoms with Gasteiger partial charge in [0.05, 0.1) is 45.2 Å². The van der Waals surface area contributed by atoms with Crippen LogP contribution in [-0.4, -0.2) is 307 Å². The lowest BCUT2D eigenvalue weighted by molar-refractivity contribution is -0.219. The first kappa shape index (κ1) is 86.8. The molecule has 4 aliphatic carbocycles. The topological polar surface area (TPSA) is 289 Å². The van der Waals surface area contributed by atoms with E-state index in [-0.39, 0.29) is 104 Å². The molecule has 9 aliphatic rings. The second-order valence-corrected chi connectivity index (χ2v) is 32.3. The van der Waals surface area contributed by atoms with Gasteiger partial charge in [0.2, 0.25) is 70.9 Å². The number of carbonyl (C=O) groups excluding carboxylic acids is 12. The molecule has 0 aromatic carbocycles. The summed E-state index contributed by atoms with van der Waals surface area (Å²) < 4.78 is 158. The fourth-order valence-corrected chi connectivity index (χ4v) is 17.9. The number of morpholine rings is 1. The number of halogens is 10. The highest BCUT2D eigenvalue weighted by molar-refractivity contribution is 6.01. The Hall–Kier alpha value is -7.14. The molecule has 9 fully saturated rings. The van der Waals surface area contributed by atoms with Crippen molar-refractivity contribution in [2.45, 2.75) is 258 Å². The van der Waals surface area contributed by atoms with E-state index < -0.39 is 255 Å². The smallest absolute Gasteiger partial charge is 0.382 e. The van der Waals surface area contributed by atoms with Crippen molar-refractivity contribution in [1.82, 2.24) is 60.0 Å². The number of hydrogen-bond donors (Lipinski definition) is 3. The standard InChI is InChI=1S/C74H110F10N12O14/c1-9-42(2)59-68(106)95-29-25-51(95)65(103)90(5)50-18-11-10-14-28-94(67(50)105)53(36-43-19-22-46(23-20-43)73(79,80)81)64(102)88(3)39-56(97)85-49(24-21-44-34-47(75)58(48(76)35-44)74(82,83)84)63(101)96-41-72(77,78)38-54(96)62(100)87-71(26-15-27-71)70(108)92(7)60(45-16-12-13-17-45)69(107)91(6)52(66(104)93-30-32-110-33-31-93)37-57(98)89(4)55(40-109-8)61(99)86-59/h42-55,58-60H,9-41H2,1-8H3,(H,85,97)(H,86,99)(H,87,100)/t42-,43?,44?,46?,47?,48?,49-,50-,51-,52-,53-,54-,55-,58?,59-,60-/m0/s1. The number of nitrogens with zero attached hydrogens (tertiary/aromatic N) is 9. The number of rotatable bonds is 11. The normalized spacial score (nSPS) is 33.2. The van der Waals surface area contributed by atoms with E-state index in [9.17, 15) is 50.3 Å². The lowest BCUT2D eigenvalue weighted by Crippen LogP contribution is -2.68. The highest BCUT2D eigenvalue weighted by Gasteiger charge is 2.58. The van der Waals surface area contributed by atoms with Crippen LogP contribution in [0.2, 0.25) is 0 Å². The first-order valence-electron chi connectivity index (χ1n) is 39.0. The fraction of sp³-hybridized carbons (Fsp3) is 0.838. The maximum Gasteiger partial charge on any atom is 0.397 e. The molecule has 36 heteroatoms. The fourth-order valence-electron chi connectivity index (χ4n) is 17.9. The summed E-state index contributed by atoms with van der Waals surface area (Å²) in [6.07, 6.45) is -17.7. The van der Waals surface area contributed by atoms with Gasteiger partial charge in [0, 0.05) is 74.9 Å². The van der Waals surface area contributed by atoms with Crippen LogP contribution < -0.4 is 16.0 Å². The van der Waals surface area contributed by atoms with Gasteiger partial charge in [-0.15, -0.1) is 0 Å². The summed E-state index contributed by atoms with van der Waals surface area (Å²) in [5.74, 6) is -22.5. The van der Waals surface area contributed by atoms with E-state index in [1.165, 1.54) is 54.9 Å². The molecule has 12 atom stereocenters. The zero-order valence-electron chi connectivity index (χ0n) is 64.2. The van der Waals surface area contributed by atoms with Gasteiger partial charge in [0.1, 0.15) is 78.2 Å². The van der Waals surface area contributed by atoms with E-state index in [0.29, 0.717) is 56.3 Å². The second kappa shape index (κ2) is 36.3. The molecule has 2 bridgehead atoms. The molecule has 1 spiro atoms. The van der Waals surface area contributed by atoms with Crippen molar-refractivity contribution >= 4 is 70.9 Å². The summed E-state index contributed by atoms with van der Waals surface area (Å²) >= 11 is 0. The van der Waals surface area contributed by atoms with E-state index >= 15 is 51.1 Å². The van der Waals surface area contributed by atoms with Gasteiger partial charge in [-0.2, -0.15) is 26.3 Å². The molecule has 26 nitrogen and oxygen atoms in total. The minimum Gasteiger partial charge on any atom is -0.382 e. The summed E-state index contributed by atoms with van der Waals surface area (Å²) in [7, 11) is 7.63. The third-order valence-corrected chi connectivity index (χ3v) is 25.1. The Balaban J connectivity index is 1.11. The van der Waals surface area contributed by atoms with Crippen LogP contribution in [0.25, 0.3) is 0 Å². The van der Waals surface area contributed by atoms with Crippen molar-refractivity contribution < 1.29 is 111 Å². The minimum absolute atomic E-state index is 0.0202. The largest absolute Gasteiger partial charge is 0.397 e. The predicted octanol–water partition coefficient (Wildman–Crippen LogP) is 5.32. The molecule has 5 aliphatic heterocycles. The molecule has 0 radical (unpaired) electrons. The minimum atomic E-state index is -5.28. The van der Waals surface area contributed by atoms with Gasteiger partial charge in [-0.1, -0.05) is 46.0 Å². The van der Waals surface area contributed by atoms with Gasteiger partial charge < -0.3 is 69.5 Å². The molecule has 5 heterocycles. The number of fused-ring (bicyclic) bond motifs is 4. The summed E-state index contributed by atoms with van der Waals surface area (Å²) in [6, 6.07) is -14.0. The lowest BCUT2D eigenvalue weighted by atomic mass is 9.74. The molecule has 0 aromatic rings. The summed E-state index contributed by atoms with van der Waals surface area (Å²) in [5, 5.41) is 7.86. The molecule has 0 aromatic heterocycles. The van der Waals surface area contributed by atoms with E-state index in [2.05, 4.69) is 16.0 Å². The van der Waals surface area contributed by atoms with Gasteiger partial charge >= 0.3 is 12.4 Å². The Labute approximate surface area is 635 Å². The van der Waals surface area contributed by atoms with Crippen molar-refractivity contribution in [1.29, 1.82) is 0 Å². The van der Waals surface area contributed by atoms with Crippen molar-refractivity contribution in [2.75, 3.05) is 101 Å². The quantitative estimate of drug-likeness (QED) is 0.221. The van der Waals surface area contributed by atoms with Crippen LogP contribution in [-0.2, 0) is 67.0 Å². The van der Waals surface area contributed by atoms with Crippen molar-refractivity contribution in [3.63, 3.8) is 0 Å². The number of hydrogen-bond acceptors (Lipinski definition) is 14. The van der Waals surface area contributed by atoms with Gasteiger partial charge in [-0.3, -0.25) is 57.5 Å². The Morgan fingerprint density at radius 2 is 1.25 bits per heavy atom. The maximum atomic E-state index is 16.2. The molecule has 620 valence electrons. The number of likely N-dealkylation sites (N-methyl/N-ethyl adjacent to an activating group) is 5. The van der Waals surface area contributed by atoms with E-state index in [1.807, 2.05) is 0 Å². The SMILES string of the molecule is CC[C@H](C)[C@@H]1NC(=O)[C@H](COC)N(C)C(=O)C[C@@H](C(=O)N2CCOCC2)N(C)C(=O)[C@H](C2CCCC2)N(C)C(=O)C2(CCC2)NC(=O)[C@@H]2CC(F)(F)CN2C(=O)[C@H](CCC2CC(F)C(C(F)(F)F)C(F)C2)NC(=O)CN(C)C(=O)[C@H](CC2CCC(C(F)(F)F)CC2)N2CCCCC[C@@H](C2=O)N(C)C(=O)[C@@H]2CCN2C1=O. The molecule has 3 N–H and O–H groups in total. The number of ether oxygens (including phenoxy) is 2. The number of amides is 12.